The lowest BCUT2D eigenvalue weighted by Crippen LogP contribution is -2.06. The fourth-order valence-corrected chi connectivity index (χ4v) is 1.94. The lowest BCUT2D eigenvalue weighted by Gasteiger charge is -2.05. The van der Waals surface area contributed by atoms with E-state index >= 15 is 0 Å². The summed E-state index contributed by atoms with van der Waals surface area (Å²) in [5.41, 5.74) is 1.54. The third kappa shape index (κ3) is 5.55. The smallest absolute Gasteiger partial charge is 0.0990 e. The molecule has 1 aliphatic rings. The van der Waals surface area contributed by atoms with Crippen molar-refractivity contribution in [1.29, 1.82) is 0 Å². The minimum atomic E-state index is 0.205. The number of hydrogen-bond donors (Lipinski definition) is 0. The predicted molar refractivity (Wildman–Crippen MR) is 62.7 cm³/mol. The molecule has 0 radical (unpaired) electrons. The van der Waals surface area contributed by atoms with Crippen LogP contribution in [0.4, 0.5) is 0 Å². The Hall–Kier alpha value is -0.0500. The maximum atomic E-state index is 5.46. The van der Waals surface area contributed by atoms with Crippen molar-refractivity contribution in [3.8, 4) is 0 Å². The molecule has 0 aromatic heterocycles. The van der Waals surface area contributed by atoms with E-state index in [1.54, 1.807) is 0 Å². The summed E-state index contributed by atoms with van der Waals surface area (Å²) in [5, 5.41) is 0. The Balaban J connectivity index is 2.03. The highest BCUT2D eigenvalue weighted by atomic mass is 35.5. The molecule has 0 amide bonds. The fraction of sp³-hybridized carbons (Fsp3) is 0.833. The standard InChI is InChI=1S/C12H21ClO2/c1-2-3-4-5-7-11-10-12(15-14-11)8-6-9-13/h6,9,11-12H,2-5,7-8,10H2,1H3/b9-6-. The molecule has 0 aromatic carbocycles. The van der Waals surface area contributed by atoms with Crippen molar-refractivity contribution in [1.82, 2.24) is 0 Å². The van der Waals surface area contributed by atoms with Gasteiger partial charge in [-0.2, -0.15) is 0 Å². The van der Waals surface area contributed by atoms with Crippen LogP contribution in [0.1, 0.15) is 51.9 Å². The highest BCUT2D eigenvalue weighted by Gasteiger charge is 2.25. The largest absolute Gasteiger partial charge is 0.233 e. The van der Waals surface area contributed by atoms with Crippen molar-refractivity contribution in [3.05, 3.63) is 11.6 Å². The van der Waals surface area contributed by atoms with Gasteiger partial charge in [0.2, 0.25) is 0 Å². The van der Waals surface area contributed by atoms with Crippen LogP contribution < -0.4 is 0 Å². The Kier molecular flexibility index (Phi) is 7.07. The second-order valence-corrected chi connectivity index (χ2v) is 4.37. The monoisotopic (exact) mass is 232 g/mol. The molecule has 2 nitrogen and oxygen atoms in total. The summed E-state index contributed by atoms with van der Waals surface area (Å²) in [6.07, 6.45) is 10.6. The quantitative estimate of drug-likeness (QED) is 0.484. The van der Waals surface area contributed by atoms with Gasteiger partial charge in [-0.3, -0.25) is 0 Å². The van der Waals surface area contributed by atoms with Gasteiger partial charge in [-0.05, 0) is 12.8 Å². The van der Waals surface area contributed by atoms with Crippen LogP contribution in [0.3, 0.4) is 0 Å². The van der Waals surface area contributed by atoms with Gasteiger partial charge < -0.3 is 0 Å². The molecule has 1 aliphatic heterocycles. The van der Waals surface area contributed by atoms with Gasteiger partial charge in [-0.1, -0.05) is 50.3 Å². The molecule has 1 saturated heterocycles. The van der Waals surface area contributed by atoms with E-state index in [1.807, 2.05) is 6.08 Å². The molecule has 2 atom stereocenters. The Bertz CT molecular complexity index is 182. The van der Waals surface area contributed by atoms with E-state index in [0.717, 1.165) is 19.3 Å². The van der Waals surface area contributed by atoms with Crippen LogP contribution in [-0.4, -0.2) is 12.2 Å². The lowest BCUT2D eigenvalue weighted by atomic mass is 10.0. The third-order valence-electron chi connectivity index (χ3n) is 2.72. The molecule has 88 valence electrons. The van der Waals surface area contributed by atoms with Crippen LogP contribution in [0, 0.1) is 0 Å². The van der Waals surface area contributed by atoms with Crippen molar-refractivity contribution in [2.45, 2.75) is 64.1 Å². The normalized spacial score (nSPS) is 26.5. The fourth-order valence-electron chi connectivity index (χ4n) is 1.83. The van der Waals surface area contributed by atoms with E-state index in [9.17, 15) is 0 Å². The Labute approximate surface area is 97.5 Å². The first-order valence-electron chi connectivity index (χ1n) is 5.94. The van der Waals surface area contributed by atoms with E-state index in [-0.39, 0.29) is 6.10 Å². The van der Waals surface area contributed by atoms with Crippen LogP contribution in [-0.2, 0) is 9.78 Å². The summed E-state index contributed by atoms with van der Waals surface area (Å²) in [6, 6.07) is 0. The van der Waals surface area contributed by atoms with Gasteiger partial charge >= 0.3 is 0 Å². The van der Waals surface area contributed by atoms with Gasteiger partial charge in [-0.15, -0.1) is 0 Å². The second-order valence-electron chi connectivity index (χ2n) is 4.12. The zero-order valence-corrected chi connectivity index (χ0v) is 10.2. The maximum Gasteiger partial charge on any atom is 0.0990 e. The molecule has 0 N–H and O–H groups in total. The zero-order valence-electron chi connectivity index (χ0n) is 9.45. The Morgan fingerprint density at radius 1 is 1.20 bits per heavy atom. The van der Waals surface area contributed by atoms with Gasteiger partial charge in [0.15, 0.2) is 0 Å². The molecule has 0 aromatic rings. The number of halogens is 1. The molecule has 0 aliphatic carbocycles. The van der Waals surface area contributed by atoms with Crippen LogP contribution in [0.15, 0.2) is 11.6 Å². The first kappa shape index (κ1) is 13.0. The summed E-state index contributed by atoms with van der Waals surface area (Å²) >= 11 is 5.46. The molecule has 0 spiro atoms. The molecule has 0 saturated carbocycles. The summed E-state index contributed by atoms with van der Waals surface area (Å²) in [7, 11) is 0. The van der Waals surface area contributed by atoms with Gasteiger partial charge in [0.05, 0.1) is 12.2 Å². The molecular weight excluding hydrogens is 212 g/mol. The van der Waals surface area contributed by atoms with Gasteiger partial charge in [-0.25, -0.2) is 9.78 Å². The number of rotatable bonds is 7. The van der Waals surface area contributed by atoms with Gasteiger partial charge in [0.1, 0.15) is 0 Å². The topological polar surface area (TPSA) is 18.5 Å². The van der Waals surface area contributed by atoms with E-state index in [2.05, 4.69) is 6.92 Å². The highest BCUT2D eigenvalue weighted by Crippen LogP contribution is 2.24. The van der Waals surface area contributed by atoms with Crippen molar-refractivity contribution in [2.75, 3.05) is 0 Å². The number of unbranched alkanes of at least 4 members (excludes halogenated alkanes) is 3. The number of hydrogen-bond acceptors (Lipinski definition) is 2. The molecule has 1 fully saturated rings. The SMILES string of the molecule is CCCCCCC1CC(C/C=C\Cl)OO1. The summed E-state index contributed by atoms with van der Waals surface area (Å²) in [5.74, 6) is 0. The van der Waals surface area contributed by atoms with E-state index in [0.29, 0.717) is 6.10 Å². The Morgan fingerprint density at radius 2 is 2.00 bits per heavy atom. The molecule has 15 heavy (non-hydrogen) atoms. The van der Waals surface area contributed by atoms with Crippen molar-refractivity contribution >= 4 is 11.6 Å². The third-order valence-corrected chi connectivity index (χ3v) is 2.90. The molecule has 1 heterocycles. The Morgan fingerprint density at radius 3 is 2.73 bits per heavy atom. The summed E-state index contributed by atoms with van der Waals surface area (Å²) in [4.78, 5) is 10.5. The van der Waals surface area contributed by atoms with Crippen molar-refractivity contribution < 1.29 is 9.78 Å². The van der Waals surface area contributed by atoms with E-state index in [1.165, 1.54) is 31.2 Å². The van der Waals surface area contributed by atoms with Crippen LogP contribution in [0.2, 0.25) is 0 Å². The summed E-state index contributed by atoms with van der Waals surface area (Å²) in [6.45, 7) is 2.23. The first-order chi connectivity index (χ1) is 7.36. The minimum Gasteiger partial charge on any atom is -0.233 e. The van der Waals surface area contributed by atoms with E-state index < -0.39 is 0 Å². The van der Waals surface area contributed by atoms with Gasteiger partial charge in [0, 0.05) is 12.0 Å². The first-order valence-corrected chi connectivity index (χ1v) is 6.37. The average molecular weight is 233 g/mol. The summed E-state index contributed by atoms with van der Waals surface area (Å²) < 4.78 is 0. The van der Waals surface area contributed by atoms with Gasteiger partial charge in [0.25, 0.3) is 0 Å². The molecule has 1 rings (SSSR count). The predicted octanol–water partition coefficient (Wildman–Crippen LogP) is 4.19. The highest BCUT2D eigenvalue weighted by molar-refractivity contribution is 6.25. The molecular formula is C12H21ClO2. The average Bonchev–Trinajstić information content (AvgIpc) is 2.69. The minimum absolute atomic E-state index is 0.205. The second kappa shape index (κ2) is 8.14. The maximum absolute atomic E-state index is 5.46. The van der Waals surface area contributed by atoms with Crippen molar-refractivity contribution in [2.24, 2.45) is 0 Å². The van der Waals surface area contributed by atoms with Crippen molar-refractivity contribution in [3.63, 3.8) is 0 Å². The zero-order chi connectivity index (χ0) is 10.9. The molecule has 2 unspecified atom stereocenters. The molecule has 3 heteroatoms. The van der Waals surface area contributed by atoms with Crippen LogP contribution >= 0.6 is 11.6 Å². The molecule has 0 bridgehead atoms. The van der Waals surface area contributed by atoms with E-state index in [4.69, 9.17) is 21.4 Å². The van der Waals surface area contributed by atoms with Crippen LogP contribution in [0.25, 0.3) is 0 Å². The lowest BCUT2D eigenvalue weighted by molar-refractivity contribution is -0.296. The van der Waals surface area contributed by atoms with Crippen LogP contribution in [0.5, 0.6) is 0 Å².